The molecule has 0 radical (unpaired) electrons. The quantitative estimate of drug-likeness (QED) is 0.329. The maximum absolute atomic E-state index is 13.8. The first-order valence-corrected chi connectivity index (χ1v) is 11.2. The van der Waals surface area contributed by atoms with Crippen LogP contribution in [0.5, 0.6) is 0 Å². The normalized spacial score (nSPS) is 20.5. The van der Waals surface area contributed by atoms with Gasteiger partial charge >= 0.3 is 0 Å². The summed E-state index contributed by atoms with van der Waals surface area (Å²) in [5.41, 5.74) is 4.77. The first kappa shape index (κ1) is 19.7. The number of nitrogens with one attached hydrogen (secondary N) is 3. The fraction of sp³-hybridized carbons (Fsp3) is 0.185. The van der Waals surface area contributed by atoms with E-state index in [1.165, 1.54) is 31.4 Å². The van der Waals surface area contributed by atoms with E-state index in [2.05, 4.69) is 20.9 Å². The van der Waals surface area contributed by atoms with Crippen molar-refractivity contribution in [1.29, 1.82) is 0 Å². The molecule has 0 spiro atoms. The average Bonchev–Trinajstić information content (AvgIpc) is 2.76. The van der Waals surface area contributed by atoms with Crippen LogP contribution in [-0.2, 0) is 0 Å². The number of rotatable bonds is 6. The molecule has 3 N–H and O–H groups in total. The molecule has 7 rings (SSSR count). The number of fused-ring (bicyclic) bond motifs is 1. The molecule has 33 heavy (non-hydrogen) atoms. The summed E-state index contributed by atoms with van der Waals surface area (Å²) in [6.07, 6.45) is 5.43. The highest BCUT2D eigenvalue weighted by Crippen LogP contribution is 2.58. The average molecular weight is 439 g/mol. The van der Waals surface area contributed by atoms with Crippen LogP contribution in [0, 0.1) is 11.7 Å². The van der Waals surface area contributed by atoms with Gasteiger partial charge in [-0.2, -0.15) is 0 Å². The van der Waals surface area contributed by atoms with Crippen molar-refractivity contribution >= 4 is 39.6 Å². The summed E-state index contributed by atoms with van der Waals surface area (Å²) in [5, 5.41) is 10.6. The predicted octanol–water partition coefficient (Wildman–Crippen LogP) is 6.33. The van der Waals surface area contributed by atoms with Gasteiger partial charge in [0.2, 0.25) is 0 Å². The van der Waals surface area contributed by atoms with E-state index in [1.807, 2.05) is 36.4 Å². The van der Waals surface area contributed by atoms with Crippen LogP contribution in [0.3, 0.4) is 0 Å². The van der Waals surface area contributed by atoms with Crippen molar-refractivity contribution in [3.8, 4) is 0 Å². The Hall–Kier alpha value is -3.93. The highest BCUT2D eigenvalue weighted by atomic mass is 19.1. The zero-order chi connectivity index (χ0) is 22.4. The molecular weight excluding hydrogens is 415 g/mol. The van der Waals surface area contributed by atoms with Gasteiger partial charge in [0.1, 0.15) is 5.82 Å². The summed E-state index contributed by atoms with van der Waals surface area (Å²) < 4.78 is 13.8. The lowest BCUT2D eigenvalue weighted by Gasteiger charge is -2.62. The lowest BCUT2D eigenvalue weighted by atomic mass is 9.50. The minimum atomic E-state index is -0.322. The van der Waals surface area contributed by atoms with E-state index in [1.54, 1.807) is 30.5 Å². The molecule has 3 aliphatic carbocycles. The minimum Gasteiger partial charge on any atom is -0.380 e. The van der Waals surface area contributed by atoms with Crippen molar-refractivity contribution in [1.82, 2.24) is 4.98 Å². The number of carbonyl (C=O) groups is 1. The number of amides is 1. The van der Waals surface area contributed by atoms with Crippen molar-refractivity contribution in [2.45, 2.75) is 24.8 Å². The SMILES string of the molecule is O=C(Nc1cccc(NC23CC(C2)C3)c1)c1cccc(Nc2ccnc3ccc(F)cc23)c1. The molecule has 4 aromatic rings. The summed E-state index contributed by atoms with van der Waals surface area (Å²) in [7, 11) is 0. The van der Waals surface area contributed by atoms with Crippen molar-refractivity contribution in [2.24, 2.45) is 5.92 Å². The summed E-state index contributed by atoms with van der Waals surface area (Å²) in [4.78, 5) is 17.2. The third-order valence-corrected chi connectivity index (χ3v) is 6.68. The smallest absolute Gasteiger partial charge is 0.255 e. The zero-order valence-corrected chi connectivity index (χ0v) is 17.9. The van der Waals surface area contributed by atoms with Crippen molar-refractivity contribution in [3.63, 3.8) is 0 Å². The van der Waals surface area contributed by atoms with E-state index < -0.39 is 0 Å². The third-order valence-electron chi connectivity index (χ3n) is 6.68. The topological polar surface area (TPSA) is 66.1 Å². The lowest BCUT2D eigenvalue weighted by molar-refractivity contribution is 0.00214. The number of nitrogens with zero attached hydrogens (tertiary/aromatic N) is 1. The first-order valence-electron chi connectivity index (χ1n) is 11.2. The molecule has 3 aromatic carbocycles. The van der Waals surface area contributed by atoms with E-state index in [9.17, 15) is 9.18 Å². The van der Waals surface area contributed by atoms with E-state index in [0.717, 1.165) is 28.7 Å². The molecule has 0 aliphatic heterocycles. The van der Waals surface area contributed by atoms with Crippen LogP contribution in [0.15, 0.2) is 79.0 Å². The second-order valence-electron chi connectivity index (χ2n) is 9.14. The molecule has 0 unspecified atom stereocenters. The van der Waals surface area contributed by atoms with Crippen molar-refractivity contribution < 1.29 is 9.18 Å². The number of halogens is 1. The number of benzene rings is 3. The Morgan fingerprint density at radius 2 is 1.70 bits per heavy atom. The highest BCUT2D eigenvalue weighted by molar-refractivity contribution is 6.05. The molecule has 0 saturated heterocycles. The maximum atomic E-state index is 13.8. The number of carbonyl (C=O) groups excluding carboxylic acids is 1. The van der Waals surface area contributed by atoms with Crippen LogP contribution >= 0.6 is 0 Å². The largest absolute Gasteiger partial charge is 0.380 e. The van der Waals surface area contributed by atoms with Crippen LogP contribution in [0.4, 0.5) is 27.1 Å². The Morgan fingerprint density at radius 1 is 0.909 bits per heavy atom. The second kappa shape index (κ2) is 7.59. The van der Waals surface area contributed by atoms with Gasteiger partial charge in [-0.3, -0.25) is 9.78 Å². The van der Waals surface area contributed by atoms with Gasteiger partial charge in [0.15, 0.2) is 0 Å². The summed E-state index contributed by atoms with van der Waals surface area (Å²) in [6, 6.07) is 21.4. The van der Waals surface area contributed by atoms with Crippen LogP contribution in [0.25, 0.3) is 10.9 Å². The minimum absolute atomic E-state index is 0.188. The number of aromatic nitrogens is 1. The van der Waals surface area contributed by atoms with Crippen LogP contribution in [-0.4, -0.2) is 16.4 Å². The molecule has 164 valence electrons. The van der Waals surface area contributed by atoms with E-state index in [4.69, 9.17) is 0 Å². The molecule has 1 amide bonds. The monoisotopic (exact) mass is 438 g/mol. The van der Waals surface area contributed by atoms with Gasteiger partial charge in [-0.05, 0) is 85.8 Å². The fourth-order valence-electron chi connectivity index (χ4n) is 4.94. The van der Waals surface area contributed by atoms with E-state index >= 15 is 0 Å². The Kier molecular flexibility index (Phi) is 4.54. The van der Waals surface area contributed by atoms with Crippen molar-refractivity contribution in [2.75, 3.05) is 16.0 Å². The molecule has 3 fully saturated rings. The molecule has 6 heteroatoms. The molecule has 0 atom stereocenters. The van der Waals surface area contributed by atoms with Gasteiger partial charge < -0.3 is 16.0 Å². The molecule has 5 nitrogen and oxygen atoms in total. The second-order valence-corrected chi connectivity index (χ2v) is 9.14. The Morgan fingerprint density at radius 3 is 2.52 bits per heavy atom. The van der Waals surface area contributed by atoms with Gasteiger partial charge in [-0.15, -0.1) is 0 Å². The number of pyridine rings is 1. The standard InChI is InChI=1S/C27H23FN4O/c28-19-7-8-24-23(12-19)25(9-10-29-24)30-20-4-1-3-18(11-20)26(33)31-21-5-2-6-22(13-21)32-27-14-17(15-27)16-27/h1-13,17,32H,14-16H2,(H,29,30)(H,31,33). The Labute approximate surface area is 191 Å². The maximum Gasteiger partial charge on any atom is 0.255 e. The van der Waals surface area contributed by atoms with Crippen molar-refractivity contribution in [3.05, 3.63) is 90.4 Å². The lowest BCUT2D eigenvalue weighted by Crippen LogP contribution is -2.63. The third kappa shape index (κ3) is 3.78. The molecular formula is C27H23FN4O. The molecule has 1 aromatic heterocycles. The van der Waals surface area contributed by atoms with Gasteiger partial charge in [0.05, 0.1) is 5.52 Å². The summed E-state index contributed by atoms with van der Waals surface area (Å²) in [6.45, 7) is 0. The molecule has 3 saturated carbocycles. The van der Waals surface area contributed by atoms with Crippen LogP contribution in [0.2, 0.25) is 0 Å². The molecule has 3 aliphatic rings. The van der Waals surface area contributed by atoms with Crippen LogP contribution in [0.1, 0.15) is 29.6 Å². The number of hydrogen-bond acceptors (Lipinski definition) is 4. The fourth-order valence-corrected chi connectivity index (χ4v) is 4.94. The van der Waals surface area contributed by atoms with Crippen LogP contribution < -0.4 is 16.0 Å². The number of hydrogen-bond donors (Lipinski definition) is 3. The summed E-state index contributed by atoms with van der Waals surface area (Å²) >= 11 is 0. The number of anilines is 4. The molecule has 2 bridgehead atoms. The van der Waals surface area contributed by atoms with Gasteiger partial charge in [-0.25, -0.2) is 4.39 Å². The molecule has 1 heterocycles. The first-order chi connectivity index (χ1) is 16.1. The van der Waals surface area contributed by atoms with E-state index in [0.29, 0.717) is 16.5 Å². The zero-order valence-electron chi connectivity index (χ0n) is 17.9. The predicted molar refractivity (Wildman–Crippen MR) is 130 cm³/mol. The summed E-state index contributed by atoms with van der Waals surface area (Å²) in [5.74, 6) is 0.398. The Balaban J connectivity index is 1.19. The van der Waals surface area contributed by atoms with Gasteiger partial charge in [0, 0.05) is 45.4 Å². The van der Waals surface area contributed by atoms with Gasteiger partial charge in [0.25, 0.3) is 5.91 Å². The highest BCUT2D eigenvalue weighted by Gasteiger charge is 2.56. The Bertz CT molecular complexity index is 1370. The van der Waals surface area contributed by atoms with E-state index in [-0.39, 0.29) is 17.3 Å². The van der Waals surface area contributed by atoms with Gasteiger partial charge in [-0.1, -0.05) is 12.1 Å².